The number of halogens is 1. The fraction of sp³-hybridized carbons (Fsp3) is 0.0455. The molecule has 0 radical (unpaired) electrons. The van der Waals surface area contributed by atoms with Gasteiger partial charge in [-0.3, -0.25) is 15.0 Å². The van der Waals surface area contributed by atoms with E-state index in [1.807, 2.05) is 61.5 Å². The van der Waals surface area contributed by atoms with Crippen LogP contribution in [0.3, 0.4) is 0 Å². The standard InChI is InChI=1S/C22H14ClN3O2S2/c1-12-16(13-7-3-2-4-8-13)17-21(29-12)24-11-26(22(17)28)25-20(27)19-18(23)14-9-5-6-10-15(14)30-19/h2-11H,1H3,(H,25,27). The van der Waals surface area contributed by atoms with Crippen LogP contribution in [0.1, 0.15) is 14.5 Å². The molecule has 8 heteroatoms. The van der Waals surface area contributed by atoms with Crippen molar-refractivity contribution >= 4 is 60.5 Å². The zero-order chi connectivity index (χ0) is 20.8. The van der Waals surface area contributed by atoms with Crippen molar-refractivity contribution in [2.75, 3.05) is 5.43 Å². The van der Waals surface area contributed by atoms with E-state index in [2.05, 4.69) is 10.4 Å². The molecule has 3 aromatic heterocycles. The van der Waals surface area contributed by atoms with E-state index in [4.69, 9.17) is 11.6 Å². The van der Waals surface area contributed by atoms with Crippen LogP contribution < -0.4 is 11.0 Å². The van der Waals surface area contributed by atoms with E-state index in [-0.39, 0.29) is 5.56 Å². The van der Waals surface area contributed by atoms with E-state index in [9.17, 15) is 9.59 Å². The SMILES string of the molecule is Cc1sc2ncn(NC(=O)c3sc4ccccc4c3Cl)c(=O)c2c1-c1ccccc1. The molecule has 0 saturated carbocycles. The summed E-state index contributed by atoms with van der Waals surface area (Å²) in [7, 11) is 0. The molecule has 2 aromatic carbocycles. The summed E-state index contributed by atoms with van der Waals surface area (Å²) in [6.07, 6.45) is 1.34. The number of aryl methyl sites for hydroxylation is 1. The van der Waals surface area contributed by atoms with Crippen molar-refractivity contribution in [1.82, 2.24) is 9.66 Å². The van der Waals surface area contributed by atoms with Gasteiger partial charge >= 0.3 is 0 Å². The first kappa shape index (κ1) is 19.0. The smallest absolute Gasteiger partial charge is 0.267 e. The molecule has 0 fully saturated rings. The Hall–Kier alpha value is -3.00. The van der Waals surface area contributed by atoms with E-state index in [1.54, 1.807) is 0 Å². The lowest BCUT2D eigenvalue weighted by atomic mass is 10.0. The number of carbonyl (C=O) groups excluding carboxylic acids is 1. The van der Waals surface area contributed by atoms with Crippen LogP contribution in [0.4, 0.5) is 0 Å². The molecule has 1 N–H and O–H groups in total. The maximum atomic E-state index is 13.2. The highest BCUT2D eigenvalue weighted by Gasteiger charge is 2.20. The van der Waals surface area contributed by atoms with Crippen LogP contribution in [0.5, 0.6) is 0 Å². The average Bonchev–Trinajstić information content (AvgIpc) is 3.28. The van der Waals surface area contributed by atoms with Gasteiger partial charge in [-0.2, -0.15) is 0 Å². The van der Waals surface area contributed by atoms with Gasteiger partial charge < -0.3 is 0 Å². The Morgan fingerprint density at radius 3 is 2.57 bits per heavy atom. The molecule has 1 amide bonds. The van der Waals surface area contributed by atoms with Crippen molar-refractivity contribution in [3.05, 3.63) is 86.1 Å². The molecule has 3 heterocycles. The third-order valence-corrected chi connectivity index (χ3v) is 7.50. The zero-order valence-electron chi connectivity index (χ0n) is 15.7. The second-order valence-corrected chi connectivity index (χ2v) is 9.31. The topological polar surface area (TPSA) is 64.0 Å². The van der Waals surface area contributed by atoms with Gasteiger partial charge in [0.25, 0.3) is 11.5 Å². The van der Waals surface area contributed by atoms with Crippen LogP contribution >= 0.6 is 34.3 Å². The van der Waals surface area contributed by atoms with Crippen LogP contribution in [0, 0.1) is 6.92 Å². The zero-order valence-corrected chi connectivity index (χ0v) is 18.1. The lowest BCUT2D eigenvalue weighted by Gasteiger charge is -2.08. The van der Waals surface area contributed by atoms with Gasteiger partial charge in [0.2, 0.25) is 0 Å². The summed E-state index contributed by atoms with van der Waals surface area (Å²) >= 11 is 9.16. The molecule has 0 spiro atoms. The van der Waals surface area contributed by atoms with Crippen LogP contribution in [0.15, 0.2) is 65.7 Å². The largest absolute Gasteiger partial charge is 0.281 e. The highest BCUT2D eigenvalue weighted by molar-refractivity contribution is 7.21. The second kappa shape index (κ2) is 7.36. The Bertz CT molecular complexity index is 1490. The van der Waals surface area contributed by atoms with Gasteiger partial charge in [0, 0.05) is 20.5 Å². The number of nitrogens with one attached hydrogen (secondary N) is 1. The summed E-state index contributed by atoms with van der Waals surface area (Å²) in [5.41, 5.74) is 4.10. The van der Waals surface area contributed by atoms with Crippen molar-refractivity contribution in [3.8, 4) is 11.1 Å². The monoisotopic (exact) mass is 451 g/mol. The number of carbonyl (C=O) groups is 1. The average molecular weight is 452 g/mol. The molecular formula is C22H14ClN3O2S2. The maximum absolute atomic E-state index is 13.2. The molecule has 5 rings (SSSR count). The third-order valence-electron chi connectivity index (χ3n) is 4.81. The normalized spacial score (nSPS) is 11.3. The second-order valence-electron chi connectivity index (χ2n) is 6.68. The molecule has 30 heavy (non-hydrogen) atoms. The predicted molar refractivity (Wildman–Crippen MR) is 125 cm³/mol. The molecule has 0 aliphatic carbocycles. The van der Waals surface area contributed by atoms with Gasteiger partial charge in [-0.05, 0) is 18.6 Å². The van der Waals surface area contributed by atoms with E-state index < -0.39 is 5.91 Å². The lowest BCUT2D eigenvalue weighted by molar-refractivity contribution is 0.101. The van der Waals surface area contributed by atoms with Crippen LogP contribution in [-0.2, 0) is 0 Å². The minimum atomic E-state index is -0.447. The number of benzene rings is 2. The molecule has 0 atom stereocenters. The van der Waals surface area contributed by atoms with Crippen LogP contribution in [0.25, 0.3) is 31.4 Å². The third kappa shape index (κ3) is 3.02. The summed E-state index contributed by atoms with van der Waals surface area (Å²) in [6.45, 7) is 1.97. The number of hydrogen-bond donors (Lipinski definition) is 1. The summed E-state index contributed by atoms with van der Waals surface area (Å²) in [4.78, 5) is 32.5. The number of aromatic nitrogens is 2. The Morgan fingerprint density at radius 1 is 1.07 bits per heavy atom. The fourth-order valence-corrected chi connectivity index (χ4v) is 5.86. The number of thiophene rings is 2. The van der Waals surface area contributed by atoms with Gasteiger partial charge in [0.15, 0.2) is 0 Å². The van der Waals surface area contributed by atoms with E-state index in [1.165, 1.54) is 29.0 Å². The highest BCUT2D eigenvalue weighted by atomic mass is 35.5. The quantitative estimate of drug-likeness (QED) is 0.383. The first-order chi connectivity index (χ1) is 14.5. The minimum Gasteiger partial charge on any atom is -0.267 e. The first-order valence-electron chi connectivity index (χ1n) is 9.09. The molecule has 148 valence electrons. The molecule has 0 aliphatic heterocycles. The van der Waals surface area contributed by atoms with Crippen molar-refractivity contribution < 1.29 is 4.79 Å². The van der Waals surface area contributed by atoms with Gasteiger partial charge in [0.1, 0.15) is 16.0 Å². The van der Waals surface area contributed by atoms with Crippen LogP contribution in [0.2, 0.25) is 5.02 Å². The summed E-state index contributed by atoms with van der Waals surface area (Å²) in [5, 5.41) is 1.69. The Labute approximate surface area is 184 Å². The fourth-order valence-electron chi connectivity index (χ4n) is 3.45. The molecule has 5 nitrogen and oxygen atoms in total. The van der Waals surface area contributed by atoms with Crippen molar-refractivity contribution in [1.29, 1.82) is 0 Å². The molecular weight excluding hydrogens is 438 g/mol. The van der Waals surface area contributed by atoms with Gasteiger partial charge in [-0.15, -0.1) is 22.7 Å². The Morgan fingerprint density at radius 2 is 1.80 bits per heavy atom. The number of amides is 1. The van der Waals surface area contributed by atoms with Crippen LogP contribution in [-0.4, -0.2) is 15.6 Å². The Balaban J connectivity index is 1.60. The summed E-state index contributed by atoms with van der Waals surface area (Å²) in [6, 6.07) is 17.2. The summed E-state index contributed by atoms with van der Waals surface area (Å²) < 4.78 is 2.04. The predicted octanol–water partition coefficient (Wildman–Crippen LogP) is 5.69. The van der Waals surface area contributed by atoms with E-state index >= 15 is 0 Å². The maximum Gasteiger partial charge on any atom is 0.281 e. The van der Waals surface area contributed by atoms with Crippen molar-refractivity contribution in [2.45, 2.75) is 6.92 Å². The number of hydrogen-bond acceptors (Lipinski definition) is 5. The van der Waals surface area contributed by atoms with Gasteiger partial charge in [-0.25, -0.2) is 9.66 Å². The molecule has 0 bridgehead atoms. The highest BCUT2D eigenvalue weighted by Crippen LogP contribution is 2.36. The molecule has 0 aliphatic rings. The minimum absolute atomic E-state index is 0.325. The van der Waals surface area contributed by atoms with Gasteiger partial charge in [-0.1, -0.05) is 60.1 Å². The molecule has 5 aromatic rings. The van der Waals surface area contributed by atoms with E-state index in [0.29, 0.717) is 20.1 Å². The molecule has 0 saturated heterocycles. The molecule has 0 unspecified atom stereocenters. The van der Waals surface area contributed by atoms with Crippen molar-refractivity contribution in [2.24, 2.45) is 0 Å². The Kier molecular flexibility index (Phi) is 4.66. The lowest BCUT2D eigenvalue weighted by Crippen LogP contribution is -2.33. The number of nitrogens with zero attached hydrogens (tertiary/aromatic N) is 2. The number of rotatable bonds is 3. The van der Waals surface area contributed by atoms with Gasteiger partial charge in [0.05, 0.1) is 10.4 Å². The summed E-state index contributed by atoms with van der Waals surface area (Å²) in [5.74, 6) is -0.447. The van der Waals surface area contributed by atoms with Crippen molar-refractivity contribution in [3.63, 3.8) is 0 Å². The first-order valence-corrected chi connectivity index (χ1v) is 11.1. The van der Waals surface area contributed by atoms with E-state index in [0.717, 1.165) is 30.8 Å². The number of fused-ring (bicyclic) bond motifs is 2.